The highest BCUT2D eigenvalue weighted by atomic mass is 32.2. The van der Waals surface area contributed by atoms with Crippen molar-refractivity contribution < 1.29 is 27.9 Å². The van der Waals surface area contributed by atoms with Crippen molar-refractivity contribution in [3.63, 3.8) is 0 Å². The van der Waals surface area contributed by atoms with Gasteiger partial charge in [-0.2, -0.15) is 0 Å². The van der Waals surface area contributed by atoms with Crippen LogP contribution in [0, 0.1) is 38.5 Å². The van der Waals surface area contributed by atoms with Crippen molar-refractivity contribution in [3.8, 4) is 0 Å². The molecule has 1 unspecified atom stereocenters. The van der Waals surface area contributed by atoms with Crippen molar-refractivity contribution in [1.82, 2.24) is 25.8 Å². The Morgan fingerprint density at radius 1 is 0.929 bits per heavy atom. The highest BCUT2D eigenvalue weighted by Gasteiger charge is 2.32. The summed E-state index contributed by atoms with van der Waals surface area (Å²) in [7, 11) is -4.29. The summed E-state index contributed by atoms with van der Waals surface area (Å²) < 4.78 is 26.7. The summed E-state index contributed by atoms with van der Waals surface area (Å²) in [6.45, 7) is 9.80. The topological polar surface area (TPSA) is 157 Å². The number of hydrazine groups is 1. The van der Waals surface area contributed by atoms with Gasteiger partial charge >= 0.3 is 5.97 Å². The van der Waals surface area contributed by atoms with Crippen LogP contribution in [0.15, 0.2) is 17.0 Å². The predicted octanol–water partition coefficient (Wildman–Crippen LogP) is 2.40. The lowest BCUT2D eigenvalue weighted by atomic mass is 9.84. The molecule has 5 N–H and O–H groups in total. The molecule has 1 atom stereocenters. The molecular weight excluding hydrogens is 558 g/mol. The van der Waals surface area contributed by atoms with E-state index >= 15 is 0 Å². The van der Waals surface area contributed by atoms with Crippen LogP contribution in [0.5, 0.6) is 0 Å². The molecule has 0 bridgehead atoms. The van der Waals surface area contributed by atoms with Gasteiger partial charge < -0.3 is 21.1 Å². The Balaban J connectivity index is 1.69. The molecule has 2 saturated heterocycles. The summed E-state index contributed by atoms with van der Waals surface area (Å²) in [5.74, 6) is -1.60. The molecule has 42 heavy (non-hydrogen) atoms. The Kier molecular flexibility index (Phi) is 12.8. The predicted molar refractivity (Wildman–Crippen MR) is 161 cm³/mol. The highest BCUT2D eigenvalue weighted by molar-refractivity contribution is 7.89. The number of amides is 2. The van der Waals surface area contributed by atoms with Gasteiger partial charge in [0.2, 0.25) is 5.91 Å². The van der Waals surface area contributed by atoms with Crippen molar-refractivity contribution >= 4 is 27.8 Å². The molecular formula is C30H49N5O6S. The Morgan fingerprint density at radius 3 is 1.86 bits per heavy atom. The molecule has 2 aliphatic heterocycles. The van der Waals surface area contributed by atoms with Gasteiger partial charge in [-0.25, -0.2) is 18.2 Å². The number of carboxylic acid groups (broad SMARTS) is 1. The summed E-state index contributed by atoms with van der Waals surface area (Å²) in [5.41, 5.74) is 1.84. The number of nitrogens with one attached hydrogen (secondary N) is 4. The second-order valence-corrected chi connectivity index (χ2v) is 13.7. The first-order valence-corrected chi connectivity index (χ1v) is 16.7. The van der Waals surface area contributed by atoms with Crippen LogP contribution >= 0.6 is 0 Å². The SMILES string of the molecule is Cc1cc(C)c(S(=O)(=O)NN(C(=O)CNC(=O)C(CCC2CCNCC2)CCC2CCNCC2)C(C)C(=O)O)c(C)c1. The van der Waals surface area contributed by atoms with Crippen LogP contribution in [0.2, 0.25) is 0 Å². The van der Waals surface area contributed by atoms with Gasteiger partial charge in [-0.05, 0) is 128 Å². The number of aryl methyl sites for hydroxylation is 3. The van der Waals surface area contributed by atoms with Crippen molar-refractivity contribution in [2.45, 2.75) is 90.0 Å². The summed E-state index contributed by atoms with van der Waals surface area (Å²) >= 11 is 0. The van der Waals surface area contributed by atoms with Gasteiger partial charge in [-0.15, -0.1) is 4.83 Å². The number of rotatable bonds is 14. The number of nitrogens with zero attached hydrogens (tertiary/aromatic N) is 1. The minimum Gasteiger partial charge on any atom is -0.480 e. The van der Waals surface area contributed by atoms with Gasteiger partial charge in [0.15, 0.2) is 0 Å². The monoisotopic (exact) mass is 607 g/mol. The van der Waals surface area contributed by atoms with E-state index in [1.807, 2.05) is 6.92 Å². The third-order valence-corrected chi connectivity index (χ3v) is 10.3. The minimum absolute atomic E-state index is 0.0107. The maximum Gasteiger partial charge on any atom is 0.327 e. The lowest BCUT2D eigenvalue weighted by Crippen LogP contribution is -2.56. The molecule has 2 fully saturated rings. The van der Waals surface area contributed by atoms with E-state index in [9.17, 15) is 27.9 Å². The van der Waals surface area contributed by atoms with E-state index < -0.39 is 34.5 Å². The van der Waals surface area contributed by atoms with Crippen molar-refractivity contribution in [2.75, 3.05) is 32.7 Å². The number of carbonyl (C=O) groups excluding carboxylic acids is 2. The molecule has 2 heterocycles. The van der Waals surface area contributed by atoms with E-state index in [1.165, 1.54) is 6.92 Å². The number of carbonyl (C=O) groups is 3. The highest BCUT2D eigenvalue weighted by Crippen LogP contribution is 2.27. The molecule has 11 nitrogen and oxygen atoms in total. The van der Waals surface area contributed by atoms with Crippen LogP contribution in [0.1, 0.15) is 75.0 Å². The zero-order chi connectivity index (χ0) is 30.9. The Labute approximate surface area is 250 Å². The van der Waals surface area contributed by atoms with Gasteiger partial charge in [0.25, 0.3) is 15.9 Å². The van der Waals surface area contributed by atoms with E-state index in [4.69, 9.17) is 0 Å². The number of piperidine rings is 2. The average Bonchev–Trinajstić information content (AvgIpc) is 2.94. The molecule has 236 valence electrons. The third kappa shape index (κ3) is 9.75. The summed E-state index contributed by atoms with van der Waals surface area (Å²) in [4.78, 5) is 40.7. The van der Waals surface area contributed by atoms with E-state index in [1.54, 1.807) is 26.0 Å². The number of benzene rings is 1. The number of aliphatic carboxylic acids is 1. The third-order valence-electron chi connectivity index (χ3n) is 8.65. The van der Waals surface area contributed by atoms with Gasteiger partial charge in [0.05, 0.1) is 11.4 Å². The van der Waals surface area contributed by atoms with Gasteiger partial charge in [0.1, 0.15) is 6.04 Å². The Morgan fingerprint density at radius 2 is 1.40 bits per heavy atom. The molecule has 3 rings (SSSR count). The molecule has 0 radical (unpaired) electrons. The fraction of sp³-hybridized carbons (Fsp3) is 0.700. The number of hydrogen-bond acceptors (Lipinski definition) is 7. The van der Waals surface area contributed by atoms with Crippen LogP contribution < -0.4 is 20.8 Å². The van der Waals surface area contributed by atoms with E-state index in [2.05, 4.69) is 20.8 Å². The van der Waals surface area contributed by atoms with Crippen LogP contribution in [-0.4, -0.2) is 75.1 Å². The maximum absolute atomic E-state index is 13.4. The zero-order valence-electron chi connectivity index (χ0n) is 25.5. The van der Waals surface area contributed by atoms with Crippen molar-refractivity contribution in [1.29, 1.82) is 0 Å². The molecule has 12 heteroatoms. The Hall–Kier alpha value is -2.54. The molecule has 0 aliphatic carbocycles. The molecule has 0 spiro atoms. The van der Waals surface area contributed by atoms with E-state index in [0.29, 0.717) is 28.0 Å². The first-order chi connectivity index (χ1) is 19.9. The summed E-state index contributed by atoms with van der Waals surface area (Å²) in [6.07, 6.45) is 7.68. The summed E-state index contributed by atoms with van der Waals surface area (Å²) in [6, 6.07) is 1.93. The Bertz CT molecular complexity index is 1150. The molecule has 2 amide bonds. The summed E-state index contributed by atoms with van der Waals surface area (Å²) in [5, 5.41) is 19.7. The maximum atomic E-state index is 13.4. The molecule has 0 aromatic heterocycles. The van der Waals surface area contributed by atoms with Gasteiger partial charge in [0, 0.05) is 5.92 Å². The van der Waals surface area contributed by atoms with Gasteiger partial charge in [-0.3, -0.25) is 9.59 Å². The van der Waals surface area contributed by atoms with Crippen molar-refractivity contribution in [3.05, 3.63) is 28.8 Å². The second-order valence-electron chi connectivity index (χ2n) is 12.1. The first-order valence-electron chi connectivity index (χ1n) is 15.2. The smallest absolute Gasteiger partial charge is 0.327 e. The largest absolute Gasteiger partial charge is 0.480 e. The van der Waals surface area contributed by atoms with E-state index in [-0.39, 0.29) is 16.7 Å². The van der Waals surface area contributed by atoms with E-state index in [0.717, 1.165) is 83.1 Å². The molecule has 1 aromatic carbocycles. The minimum atomic E-state index is -4.29. The van der Waals surface area contributed by atoms with Crippen LogP contribution in [0.25, 0.3) is 0 Å². The molecule has 1 aromatic rings. The quantitative estimate of drug-likeness (QED) is 0.202. The normalized spacial score (nSPS) is 17.6. The first kappa shape index (κ1) is 34.0. The average molecular weight is 608 g/mol. The lowest BCUT2D eigenvalue weighted by Gasteiger charge is -2.28. The fourth-order valence-corrected chi connectivity index (χ4v) is 7.81. The molecule has 0 saturated carbocycles. The van der Waals surface area contributed by atoms with Crippen LogP contribution in [0.4, 0.5) is 0 Å². The lowest BCUT2D eigenvalue weighted by molar-refractivity contribution is -0.150. The number of sulfonamides is 1. The van der Waals surface area contributed by atoms with Crippen LogP contribution in [-0.2, 0) is 24.4 Å². The van der Waals surface area contributed by atoms with Crippen LogP contribution in [0.3, 0.4) is 0 Å². The number of hydrogen-bond donors (Lipinski definition) is 5. The second kappa shape index (κ2) is 15.8. The number of carboxylic acids is 1. The molecule has 2 aliphatic rings. The fourth-order valence-electron chi connectivity index (χ4n) is 6.24. The zero-order valence-corrected chi connectivity index (χ0v) is 26.3. The van der Waals surface area contributed by atoms with Gasteiger partial charge in [-0.1, -0.05) is 17.7 Å². The standard InChI is InChI=1S/C30H49N5O6S/c1-20-17-21(2)28(22(3)18-20)42(40,41)34-35(23(4)30(38)39)27(36)19-33-29(37)26(7-5-24-9-13-31-14-10-24)8-6-25-11-15-32-16-12-25/h17-18,23-26,31-32,34H,5-16,19H2,1-4H3,(H,33,37)(H,38,39). The van der Waals surface area contributed by atoms with Crippen molar-refractivity contribution in [2.24, 2.45) is 17.8 Å².